The van der Waals surface area contributed by atoms with Crippen LogP contribution in [0.4, 0.5) is 0 Å². The molecule has 0 aliphatic carbocycles. The number of nitrogens with zero attached hydrogens (tertiary/aromatic N) is 6. The highest BCUT2D eigenvalue weighted by atomic mass is 16.5. The van der Waals surface area contributed by atoms with Gasteiger partial charge >= 0.3 is 0 Å². The van der Waals surface area contributed by atoms with E-state index in [0.29, 0.717) is 24.7 Å². The molecule has 1 fully saturated rings. The molecule has 134 valence electrons. The minimum absolute atomic E-state index is 0.0765. The number of hydrogen-bond acceptors (Lipinski definition) is 6. The van der Waals surface area contributed by atoms with Crippen molar-refractivity contribution in [2.75, 3.05) is 13.1 Å². The van der Waals surface area contributed by atoms with Crippen LogP contribution < -0.4 is 4.74 Å². The molecule has 1 saturated heterocycles. The number of carbonyl (C=O) groups excluding carboxylic acids is 1. The van der Waals surface area contributed by atoms with Crippen molar-refractivity contribution in [3.05, 3.63) is 47.2 Å². The van der Waals surface area contributed by atoms with Crippen LogP contribution in [0, 0.1) is 20.8 Å². The fraction of sp³-hybridized carbons (Fsp3) is 0.389. The molecule has 0 aromatic carbocycles. The topological polar surface area (TPSA) is 85.5 Å². The van der Waals surface area contributed by atoms with Crippen molar-refractivity contribution in [2.45, 2.75) is 33.3 Å². The Morgan fingerprint density at radius 1 is 1.15 bits per heavy atom. The first-order chi connectivity index (χ1) is 12.5. The molecule has 1 amide bonds. The summed E-state index contributed by atoms with van der Waals surface area (Å²) in [5.41, 5.74) is 2.65. The molecule has 1 unspecified atom stereocenters. The maximum absolute atomic E-state index is 12.8. The van der Waals surface area contributed by atoms with Crippen molar-refractivity contribution in [3.8, 4) is 5.88 Å². The van der Waals surface area contributed by atoms with Gasteiger partial charge in [-0.2, -0.15) is 4.98 Å². The van der Waals surface area contributed by atoms with Gasteiger partial charge in [-0.15, -0.1) is 5.10 Å². The Labute approximate surface area is 150 Å². The second-order valence-corrected chi connectivity index (χ2v) is 6.58. The molecule has 0 saturated carbocycles. The summed E-state index contributed by atoms with van der Waals surface area (Å²) in [6.45, 7) is 6.83. The molecule has 0 radical (unpaired) electrons. The molecule has 3 aromatic rings. The second kappa shape index (κ2) is 6.36. The standard InChI is InChI=1S/C18H20N6O2/c1-11-5-4-6-15(19-11)26-14-7-8-23(10-14)17(25)16-21-18-20-12(2)9-13(3)24(18)22-16/h4-6,9,14H,7-8,10H2,1-3H3. The van der Waals surface area contributed by atoms with Crippen LogP contribution in [0.3, 0.4) is 0 Å². The van der Waals surface area contributed by atoms with E-state index < -0.39 is 0 Å². The summed E-state index contributed by atoms with van der Waals surface area (Å²) in [5, 5.41) is 4.32. The normalized spacial score (nSPS) is 17.0. The Hall–Kier alpha value is -3.03. The number of likely N-dealkylation sites (tertiary alicyclic amines) is 1. The van der Waals surface area contributed by atoms with Crippen molar-refractivity contribution in [2.24, 2.45) is 0 Å². The Bertz CT molecular complexity index is 983. The lowest BCUT2D eigenvalue weighted by Crippen LogP contribution is -2.31. The predicted octanol–water partition coefficient (Wildman–Crippen LogP) is 1.74. The molecule has 1 atom stereocenters. The molecule has 1 aliphatic rings. The Balaban J connectivity index is 1.48. The van der Waals surface area contributed by atoms with E-state index >= 15 is 0 Å². The first-order valence-corrected chi connectivity index (χ1v) is 8.60. The van der Waals surface area contributed by atoms with Crippen LogP contribution in [0.1, 0.15) is 34.1 Å². The molecule has 0 bridgehead atoms. The summed E-state index contributed by atoms with van der Waals surface area (Å²) in [5.74, 6) is 1.00. The molecule has 4 heterocycles. The number of ether oxygens (including phenoxy) is 1. The van der Waals surface area contributed by atoms with Crippen molar-refractivity contribution in [3.63, 3.8) is 0 Å². The van der Waals surface area contributed by atoms with Gasteiger partial charge in [0.05, 0.1) is 6.54 Å². The number of aryl methyl sites for hydroxylation is 3. The number of amides is 1. The maximum Gasteiger partial charge on any atom is 0.293 e. The first kappa shape index (κ1) is 16.4. The van der Waals surface area contributed by atoms with Gasteiger partial charge in [-0.05, 0) is 32.9 Å². The van der Waals surface area contributed by atoms with Gasteiger partial charge in [0, 0.05) is 36.1 Å². The predicted molar refractivity (Wildman–Crippen MR) is 94.2 cm³/mol. The SMILES string of the molecule is Cc1cccc(OC2CCN(C(=O)c3nc4nc(C)cc(C)n4n3)C2)n1. The Morgan fingerprint density at radius 3 is 2.81 bits per heavy atom. The lowest BCUT2D eigenvalue weighted by Gasteiger charge is -2.15. The van der Waals surface area contributed by atoms with Gasteiger partial charge in [-0.25, -0.2) is 14.5 Å². The molecule has 4 rings (SSSR count). The largest absolute Gasteiger partial charge is 0.472 e. The third-order valence-electron chi connectivity index (χ3n) is 4.39. The molecular formula is C18H20N6O2. The fourth-order valence-electron chi connectivity index (χ4n) is 3.16. The summed E-state index contributed by atoms with van der Waals surface area (Å²) in [4.78, 5) is 27.4. The van der Waals surface area contributed by atoms with Gasteiger partial charge in [-0.1, -0.05) is 6.07 Å². The highest BCUT2D eigenvalue weighted by Gasteiger charge is 2.30. The van der Waals surface area contributed by atoms with Gasteiger partial charge in [0.15, 0.2) is 0 Å². The van der Waals surface area contributed by atoms with Crippen LogP contribution in [-0.2, 0) is 0 Å². The van der Waals surface area contributed by atoms with Gasteiger partial charge in [-0.3, -0.25) is 4.79 Å². The van der Waals surface area contributed by atoms with Gasteiger partial charge in [0.2, 0.25) is 11.7 Å². The smallest absolute Gasteiger partial charge is 0.293 e. The number of hydrogen-bond donors (Lipinski definition) is 0. The number of aromatic nitrogens is 5. The molecule has 1 aliphatic heterocycles. The van der Waals surface area contributed by atoms with Crippen molar-refractivity contribution in [1.29, 1.82) is 0 Å². The van der Waals surface area contributed by atoms with E-state index in [2.05, 4.69) is 20.1 Å². The number of rotatable bonds is 3. The van der Waals surface area contributed by atoms with E-state index in [9.17, 15) is 4.79 Å². The van der Waals surface area contributed by atoms with E-state index in [1.54, 1.807) is 9.42 Å². The lowest BCUT2D eigenvalue weighted by atomic mass is 10.3. The van der Waals surface area contributed by atoms with Crippen LogP contribution >= 0.6 is 0 Å². The van der Waals surface area contributed by atoms with E-state index in [1.807, 2.05) is 45.0 Å². The molecule has 3 aromatic heterocycles. The third-order valence-corrected chi connectivity index (χ3v) is 4.39. The van der Waals surface area contributed by atoms with Crippen molar-refractivity contribution < 1.29 is 9.53 Å². The Morgan fingerprint density at radius 2 is 2.00 bits per heavy atom. The Kier molecular flexibility index (Phi) is 4.02. The average molecular weight is 352 g/mol. The molecule has 8 heteroatoms. The van der Waals surface area contributed by atoms with Crippen molar-refractivity contribution >= 4 is 11.7 Å². The van der Waals surface area contributed by atoms with Gasteiger partial charge in [0.25, 0.3) is 11.7 Å². The van der Waals surface area contributed by atoms with Crippen LogP contribution in [0.2, 0.25) is 0 Å². The van der Waals surface area contributed by atoms with Crippen molar-refractivity contribution in [1.82, 2.24) is 29.5 Å². The molecule has 0 spiro atoms. The monoisotopic (exact) mass is 352 g/mol. The summed E-state index contributed by atoms with van der Waals surface area (Å²) < 4.78 is 7.50. The molecular weight excluding hydrogens is 332 g/mol. The van der Waals surface area contributed by atoms with Crippen LogP contribution in [0.5, 0.6) is 5.88 Å². The summed E-state index contributed by atoms with van der Waals surface area (Å²) in [6.07, 6.45) is 0.679. The van der Waals surface area contributed by atoms with E-state index in [-0.39, 0.29) is 17.8 Å². The minimum atomic E-state index is -0.198. The summed E-state index contributed by atoms with van der Waals surface area (Å²) in [7, 11) is 0. The van der Waals surface area contributed by atoms with Crippen LogP contribution in [0.15, 0.2) is 24.3 Å². The number of pyridine rings is 1. The zero-order chi connectivity index (χ0) is 18.3. The van der Waals surface area contributed by atoms with Crippen LogP contribution in [-0.4, -0.2) is 54.6 Å². The second-order valence-electron chi connectivity index (χ2n) is 6.58. The zero-order valence-electron chi connectivity index (χ0n) is 15.0. The highest BCUT2D eigenvalue weighted by Crippen LogP contribution is 2.18. The molecule has 0 N–H and O–H groups in total. The number of fused-ring (bicyclic) bond motifs is 1. The minimum Gasteiger partial charge on any atom is -0.472 e. The number of carbonyl (C=O) groups is 1. The van der Waals surface area contributed by atoms with Gasteiger partial charge < -0.3 is 9.64 Å². The summed E-state index contributed by atoms with van der Waals surface area (Å²) in [6, 6.07) is 7.57. The summed E-state index contributed by atoms with van der Waals surface area (Å²) >= 11 is 0. The van der Waals surface area contributed by atoms with E-state index in [1.165, 1.54) is 0 Å². The molecule has 26 heavy (non-hydrogen) atoms. The zero-order valence-corrected chi connectivity index (χ0v) is 15.0. The maximum atomic E-state index is 12.8. The van der Waals surface area contributed by atoms with Crippen LogP contribution in [0.25, 0.3) is 5.78 Å². The van der Waals surface area contributed by atoms with Gasteiger partial charge in [0.1, 0.15) is 6.10 Å². The lowest BCUT2D eigenvalue weighted by molar-refractivity contribution is 0.0759. The van der Waals surface area contributed by atoms with E-state index in [0.717, 1.165) is 23.5 Å². The molecule has 8 nitrogen and oxygen atoms in total. The highest BCUT2D eigenvalue weighted by molar-refractivity contribution is 5.91. The van der Waals surface area contributed by atoms with E-state index in [4.69, 9.17) is 4.74 Å². The first-order valence-electron chi connectivity index (χ1n) is 8.60. The average Bonchev–Trinajstić information content (AvgIpc) is 3.21. The third kappa shape index (κ3) is 3.10. The quantitative estimate of drug-likeness (QED) is 0.714. The fourth-order valence-corrected chi connectivity index (χ4v) is 3.16.